The van der Waals surface area contributed by atoms with Gasteiger partial charge in [0.25, 0.3) is 5.56 Å². The number of hydrogen-bond acceptors (Lipinski definition) is 4. The van der Waals surface area contributed by atoms with Crippen LogP contribution in [0.2, 0.25) is 0 Å². The molecule has 1 aliphatic rings. The third kappa shape index (κ3) is 3.17. The quantitative estimate of drug-likeness (QED) is 0.909. The first-order chi connectivity index (χ1) is 9.17. The molecule has 106 valence electrons. The van der Waals surface area contributed by atoms with Gasteiger partial charge in [0.1, 0.15) is 4.47 Å². The molecule has 0 radical (unpaired) electrons. The molecule has 1 aromatic rings. The summed E-state index contributed by atoms with van der Waals surface area (Å²) in [6.07, 6.45) is 4.21. The third-order valence-electron chi connectivity index (χ3n) is 3.62. The van der Waals surface area contributed by atoms with Crippen LogP contribution >= 0.6 is 15.9 Å². The lowest BCUT2D eigenvalue weighted by atomic mass is 9.98. The smallest absolute Gasteiger partial charge is 0.283 e. The van der Waals surface area contributed by atoms with E-state index in [1.807, 2.05) is 14.0 Å². The minimum atomic E-state index is -0.0456. The number of rotatable bonds is 4. The maximum absolute atomic E-state index is 12.1. The molecule has 19 heavy (non-hydrogen) atoms. The van der Waals surface area contributed by atoms with Gasteiger partial charge in [0.05, 0.1) is 11.9 Å². The molecule has 1 atom stereocenters. The van der Waals surface area contributed by atoms with E-state index >= 15 is 0 Å². The van der Waals surface area contributed by atoms with Crippen LogP contribution in [0.5, 0.6) is 0 Å². The first kappa shape index (κ1) is 14.5. The maximum Gasteiger partial charge on any atom is 0.283 e. The van der Waals surface area contributed by atoms with Gasteiger partial charge in [-0.05, 0) is 55.2 Å². The fraction of sp³-hybridized carbons (Fsp3) is 0.692. The fourth-order valence-corrected chi connectivity index (χ4v) is 3.20. The fourth-order valence-electron chi connectivity index (χ4n) is 2.64. The van der Waals surface area contributed by atoms with Crippen molar-refractivity contribution in [2.45, 2.75) is 26.3 Å². The van der Waals surface area contributed by atoms with Crippen molar-refractivity contribution in [1.29, 1.82) is 0 Å². The molecule has 1 aliphatic heterocycles. The molecule has 0 aliphatic carbocycles. The molecule has 1 unspecified atom stereocenters. The van der Waals surface area contributed by atoms with Gasteiger partial charge >= 0.3 is 0 Å². The number of anilines is 1. The Morgan fingerprint density at radius 1 is 1.58 bits per heavy atom. The SMILES string of the molecule is CCn1ncc(N2CCCC(CNC)C2)c(Br)c1=O. The summed E-state index contributed by atoms with van der Waals surface area (Å²) in [6.45, 7) is 5.52. The Bertz CT molecular complexity index is 486. The molecule has 0 spiro atoms. The first-order valence-corrected chi connectivity index (χ1v) is 7.61. The van der Waals surface area contributed by atoms with E-state index in [1.165, 1.54) is 11.1 Å². The summed E-state index contributed by atoms with van der Waals surface area (Å²) in [5.41, 5.74) is 0.881. The van der Waals surface area contributed by atoms with Gasteiger partial charge in [0.15, 0.2) is 0 Å². The molecule has 1 aromatic heterocycles. The summed E-state index contributed by atoms with van der Waals surface area (Å²) in [4.78, 5) is 14.4. The molecule has 0 saturated carbocycles. The van der Waals surface area contributed by atoms with Gasteiger partial charge < -0.3 is 10.2 Å². The minimum Gasteiger partial charge on any atom is -0.369 e. The van der Waals surface area contributed by atoms with Crippen LogP contribution in [0.4, 0.5) is 5.69 Å². The average molecular weight is 329 g/mol. The van der Waals surface area contributed by atoms with E-state index in [0.717, 1.165) is 31.7 Å². The van der Waals surface area contributed by atoms with Crippen LogP contribution in [0.15, 0.2) is 15.5 Å². The van der Waals surface area contributed by atoms with Crippen LogP contribution in [0, 0.1) is 5.92 Å². The van der Waals surface area contributed by atoms with Crippen molar-refractivity contribution in [3.63, 3.8) is 0 Å². The lowest BCUT2D eigenvalue weighted by Crippen LogP contribution is -2.40. The summed E-state index contributed by atoms with van der Waals surface area (Å²) < 4.78 is 2.11. The van der Waals surface area contributed by atoms with Crippen molar-refractivity contribution >= 4 is 21.6 Å². The summed E-state index contributed by atoms with van der Waals surface area (Å²) >= 11 is 3.44. The van der Waals surface area contributed by atoms with E-state index in [9.17, 15) is 4.79 Å². The van der Waals surface area contributed by atoms with Crippen LogP contribution < -0.4 is 15.8 Å². The number of aromatic nitrogens is 2. The second kappa shape index (κ2) is 6.52. The normalized spacial score (nSPS) is 19.7. The highest BCUT2D eigenvalue weighted by Crippen LogP contribution is 2.26. The van der Waals surface area contributed by atoms with Gasteiger partial charge in [-0.25, -0.2) is 4.68 Å². The Labute approximate surface area is 122 Å². The molecular weight excluding hydrogens is 308 g/mol. The number of piperidine rings is 1. The minimum absolute atomic E-state index is 0.0456. The van der Waals surface area contributed by atoms with Gasteiger partial charge in [0.2, 0.25) is 0 Å². The van der Waals surface area contributed by atoms with Crippen molar-refractivity contribution in [1.82, 2.24) is 15.1 Å². The molecule has 0 bridgehead atoms. The number of aryl methyl sites for hydroxylation is 1. The monoisotopic (exact) mass is 328 g/mol. The highest BCUT2D eigenvalue weighted by molar-refractivity contribution is 9.10. The van der Waals surface area contributed by atoms with Gasteiger partial charge in [-0.2, -0.15) is 5.10 Å². The van der Waals surface area contributed by atoms with E-state index in [-0.39, 0.29) is 5.56 Å². The molecule has 1 fully saturated rings. The lowest BCUT2D eigenvalue weighted by molar-refractivity contribution is 0.402. The van der Waals surface area contributed by atoms with Crippen molar-refractivity contribution < 1.29 is 0 Å². The molecule has 2 heterocycles. The van der Waals surface area contributed by atoms with Crippen molar-refractivity contribution in [3.8, 4) is 0 Å². The number of halogens is 1. The molecular formula is C13H21BrN4O. The lowest BCUT2D eigenvalue weighted by Gasteiger charge is -2.34. The Morgan fingerprint density at radius 3 is 3.05 bits per heavy atom. The van der Waals surface area contributed by atoms with Crippen molar-refractivity contribution in [2.75, 3.05) is 31.6 Å². The molecule has 1 N–H and O–H groups in total. The van der Waals surface area contributed by atoms with E-state index < -0.39 is 0 Å². The van der Waals surface area contributed by atoms with Gasteiger partial charge in [0, 0.05) is 19.6 Å². The summed E-state index contributed by atoms with van der Waals surface area (Å²) in [5, 5.41) is 7.45. The average Bonchev–Trinajstić information content (AvgIpc) is 2.42. The topological polar surface area (TPSA) is 50.2 Å². The second-order valence-electron chi connectivity index (χ2n) is 4.98. The Kier molecular flexibility index (Phi) is 4.99. The van der Waals surface area contributed by atoms with Gasteiger partial charge in [-0.3, -0.25) is 4.79 Å². The Balaban J connectivity index is 2.22. The van der Waals surface area contributed by atoms with E-state index in [2.05, 4.69) is 31.2 Å². The predicted molar refractivity (Wildman–Crippen MR) is 80.7 cm³/mol. The summed E-state index contributed by atoms with van der Waals surface area (Å²) in [7, 11) is 1.98. The van der Waals surface area contributed by atoms with Gasteiger partial charge in [-0.15, -0.1) is 0 Å². The number of hydrogen-bond donors (Lipinski definition) is 1. The summed E-state index contributed by atoms with van der Waals surface area (Å²) in [5.74, 6) is 0.638. The summed E-state index contributed by atoms with van der Waals surface area (Å²) in [6, 6.07) is 0. The Morgan fingerprint density at radius 2 is 2.37 bits per heavy atom. The standard InChI is InChI=1S/C13H21BrN4O/c1-3-18-13(19)12(14)11(8-16-18)17-6-4-5-10(9-17)7-15-2/h8,10,15H,3-7,9H2,1-2H3. The zero-order valence-corrected chi connectivity index (χ0v) is 13.1. The van der Waals surface area contributed by atoms with Crippen LogP contribution in [0.25, 0.3) is 0 Å². The molecule has 6 heteroatoms. The number of nitrogens with one attached hydrogen (secondary N) is 1. The largest absolute Gasteiger partial charge is 0.369 e. The molecule has 0 aromatic carbocycles. The van der Waals surface area contributed by atoms with Crippen LogP contribution in [-0.4, -0.2) is 36.5 Å². The maximum atomic E-state index is 12.1. The predicted octanol–water partition coefficient (Wildman–Crippen LogP) is 1.46. The highest BCUT2D eigenvalue weighted by Gasteiger charge is 2.22. The first-order valence-electron chi connectivity index (χ1n) is 6.82. The molecule has 2 rings (SSSR count). The van der Waals surface area contributed by atoms with Crippen LogP contribution in [0.1, 0.15) is 19.8 Å². The molecule has 1 saturated heterocycles. The van der Waals surface area contributed by atoms with E-state index in [1.54, 1.807) is 6.20 Å². The van der Waals surface area contributed by atoms with Crippen molar-refractivity contribution in [2.24, 2.45) is 5.92 Å². The van der Waals surface area contributed by atoms with E-state index in [4.69, 9.17) is 0 Å². The number of nitrogens with zero attached hydrogens (tertiary/aromatic N) is 3. The van der Waals surface area contributed by atoms with Gasteiger partial charge in [-0.1, -0.05) is 0 Å². The van der Waals surface area contributed by atoms with Crippen LogP contribution in [-0.2, 0) is 6.54 Å². The van der Waals surface area contributed by atoms with Crippen molar-refractivity contribution in [3.05, 3.63) is 21.0 Å². The van der Waals surface area contributed by atoms with Crippen LogP contribution in [0.3, 0.4) is 0 Å². The zero-order chi connectivity index (χ0) is 13.8. The Hall–Kier alpha value is -0.880. The third-order valence-corrected chi connectivity index (χ3v) is 4.36. The second-order valence-corrected chi connectivity index (χ2v) is 5.77. The zero-order valence-electron chi connectivity index (χ0n) is 11.5. The molecule has 5 nitrogen and oxygen atoms in total. The molecule has 0 amide bonds. The van der Waals surface area contributed by atoms with E-state index in [0.29, 0.717) is 16.9 Å². The highest BCUT2D eigenvalue weighted by atomic mass is 79.9.